The molecule has 3 rings (SSSR count). The van der Waals surface area contributed by atoms with Crippen LogP contribution in [0.5, 0.6) is 11.5 Å². The van der Waals surface area contributed by atoms with Gasteiger partial charge in [-0.05, 0) is 67.5 Å². The summed E-state index contributed by atoms with van der Waals surface area (Å²) in [7, 11) is -3.71. The van der Waals surface area contributed by atoms with Gasteiger partial charge in [-0.1, -0.05) is 11.6 Å². The number of nitro benzene ring substituents is 1. The summed E-state index contributed by atoms with van der Waals surface area (Å²) in [6, 6.07) is 7.35. The van der Waals surface area contributed by atoms with Gasteiger partial charge in [0.2, 0.25) is 17.2 Å². The number of aromatic carboxylic acids is 1. The van der Waals surface area contributed by atoms with Gasteiger partial charge >= 0.3 is 18.1 Å². The molecule has 0 saturated heterocycles. The van der Waals surface area contributed by atoms with Crippen molar-refractivity contribution in [3.63, 3.8) is 0 Å². The van der Waals surface area contributed by atoms with Crippen LogP contribution in [0.1, 0.15) is 36.7 Å². The number of nitro groups is 1. The Balaban J connectivity index is 0.000000805. The van der Waals surface area contributed by atoms with Crippen LogP contribution in [-0.2, 0) is 26.4 Å². The molecule has 18 nitrogen and oxygen atoms in total. The molecule has 1 aromatic heterocycles. The Labute approximate surface area is 319 Å². The van der Waals surface area contributed by atoms with E-state index in [0.717, 1.165) is 30.3 Å². The lowest BCUT2D eigenvalue weighted by Crippen LogP contribution is -2.29. The number of hydrogen-bond donors (Lipinski definition) is 6. The predicted octanol–water partition coefficient (Wildman–Crippen LogP) is 5.09. The van der Waals surface area contributed by atoms with E-state index in [1.165, 1.54) is 0 Å². The van der Waals surface area contributed by atoms with Crippen molar-refractivity contribution in [1.82, 2.24) is 20.3 Å². The summed E-state index contributed by atoms with van der Waals surface area (Å²) in [5, 5.41) is 44.1. The Morgan fingerprint density at radius 1 is 1.07 bits per heavy atom. The molecule has 0 bridgehead atoms. The Morgan fingerprint density at radius 3 is 2.09 bits per heavy atom. The van der Waals surface area contributed by atoms with Crippen molar-refractivity contribution in [1.29, 1.82) is 5.26 Å². The topological polar surface area (TPSA) is 286 Å². The molecule has 0 saturated carbocycles. The van der Waals surface area contributed by atoms with E-state index in [-0.39, 0.29) is 27.8 Å². The minimum Gasteiger partial charge on any atom is -0.778 e. The van der Waals surface area contributed by atoms with Gasteiger partial charge in [-0.25, -0.2) is 4.79 Å². The number of carboxylic acid groups (broad SMARTS) is 2. The number of nitrogens with one attached hydrogen (secondary N) is 3. The van der Waals surface area contributed by atoms with Crippen molar-refractivity contribution >= 4 is 71.2 Å². The maximum atomic E-state index is 12.6. The average Bonchev–Trinajstić information content (AvgIpc) is 3.00. The number of halogens is 5. The fourth-order valence-corrected chi connectivity index (χ4v) is 3.82. The van der Waals surface area contributed by atoms with Crippen LogP contribution in [0.25, 0.3) is 0 Å². The van der Waals surface area contributed by atoms with Gasteiger partial charge in [-0.3, -0.25) is 20.2 Å². The molecule has 6 N–H and O–H groups in total. The van der Waals surface area contributed by atoms with E-state index in [9.17, 15) is 42.3 Å². The summed E-state index contributed by atoms with van der Waals surface area (Å²) in [6.07, 6.45) is 1.30. The monoisotopic (exact) mass is 846 g/mol. The second-order valence-corrected chi connectivity index (χ2v) is 15.8. The lowest BCUT2D eigenvalue weighted by Gasteiger charge is -2.17. The number of nitrogens with zero attached hydrogens (tertiary/aromatic N) is 5. The highest BCUT2D eigenvalue weighted by atomic mass is 35.5. The first-order valence-corrected chi connectivity index (χ1v) is 19.5. The molecule has 1 heterocycles. The van der Waals surface area contributed by atoms with Gasteiger partial charge in [-0.2, -0.15) is 33.4 Å². The Morgan fingerprint density at radius 2 is 1.65 bits per heavy atom. The molecule has 0 aliphatic rings. The molecule has 54 heavy (non-hydrogen) atoms. The van der Waals surface area contributed by atoms with Crippen molar-refractivity contribution < 1.29 is 57.0 Å². The number of nitriles is 1. The standard InChI is InChI=1S/C14H7ClF3NO5.C9H13ClN6.C3H8NO5P.C3H9S/c15-10-5-7(14(16,17)18)1-4-12(10)24-8-2-3-11(19(22)23)9(6-8)13(20)21;1-4-12-7-13-6(10)14-8(15-7)16-9(2,3)5-11;5-3(6)1-4-2-10(7,8)9;1-4(2)3/h1-6H,(H,20,21);4H2,1-3H3,(H2,12,13,14,15,16);4H,1-2H2,(H,5,6)(H2,7,8,9);1-3H3/q;;;+1/p-1. The van der Waals surface area contributed by atoms with Gasteiger partial charge in [-0.15, -0.1) is 0 Å². The van der Waals surface area contributed by atoms with Crippen LogP contribution in [0.2, 0.25) is 10.3 Å². The molecule has 2 aromatic carbocycles. The summed E-state index contributed by atoms with van der Waals surface area (Å²) >= 11 is 11.5. The number of alkyl halides is 3. The van der Waals surface area contributed by atoms with Crippen molar-refractivity contribution in [2.24, 2.45) is 0 Å². The van der Waals surface area contributed by atoms with E-state index in [1.54, 1.807) is 13.8 Å². The third-order valence-corrected chi connectivity index (χ3v) is 6.20. The van der Waals surface area contributed by atoms with Crippen LogP contribution in [-0.4, -0.2) is 90.6 Å². The fraction of sp³-hybridized carbons (Fsp3) is 0.379. The average molecular weight is 848 g/mol. The van der Waals surface area contributed by atoms with Gasteiger partial charge in [0, 0.05) is 18.7 Å². The minimum absolute atomic E-state index is 0.0854. The molecular formula is C29H36Cl2F3N8O10PS. The van der Waals surface area contributed by atoms with Crippen LogP contribution in [0.3, 0.4) is 0 Å². The number of aliphatic carboxylic acids is 1. The van der Waals surface area contributed by atoms with E-state index < -0.39 is 65.8 Å². The highest BCUT2D eigenvalue weighted by Gasteiger charge is 2.31. The first-order valence-electron chi connectivity index (χ1n) is 14.6. The third kappa shape index (κ3) is 21.3. The second-order valence-electron chi connectivity index (χ2n) is 11.0. The lowest BCUT2D eigenvalue weighted by atomic mass is 10.1. The number of anilines is 2. The van der Waals surface area contributed by atoms with Crippen molar-refractivity contribution in [3.05, 3.63) is 67.9 Å². The zero-order chi connectivity index (χ0) is 42.0. The summed E-state index contributed by atoms with van der Waals surface area (Å²) in [4.78, 5) is 60.5. The predicted molar refractivity (Wildman–Crippen MR) is 194 cm³/mol. The van der Waals surface area contributed by atoms with Gasteiger partial charge in [0.15, 0.2) is 0 Å². The van der Waals surface area contributed by atoms with Crippen molar-refractivity contribution in [2.75, 3.05) is 48.8 Å². The maximum absolute atomic E-state index is 12.6. The molecule has 298 valence electrons. The van der Waals surface area contributed by atoms with Crippen molar-refractivity contribution in [3.8, 4) is 17.6 Å². The molecule has 0 amide bonds. The molecule has 1 unspecified atom stereocenters. The number of ether oxygens (including phenoxy) is 1. The van der Waals surface area contributed by atoms with E-state index in [1.807, 2.05) is 12.2 Å². The van der Waals surface area contributed by atoms with Crippen LogP contribution < -0.4 is 25.6 Å². The first-order chi connectivity index (χ1) is 24.7. The summed E-state index contributed by atoms with van der Waals surface area (Å²) in [5.41, 5.74) is -3.00. The van der Waals surface area contributed by atoms with Gasteiger partial charge in [0.25, 0.3) is 5.69 Å². The van der Waals surface area contributed by atoms with Crippen LogP contribution in [0, 0.1) is 21.4 Å². The van der Waals surface area contributed by atoms with Crippen molar-refractivity contribution in [2.45, 2.75) is 32.5 Å². The number of benzene rings is 2. The van der Waals surface area contributed by atoms with Gasteiger partial charge < -0.3 is 39.9 Å². The number of rotatable bonds is 12. The third-order valence-electron chi connectivity index (χ3n) is 5.12. The number of aromatic nitrogens is 3. The largest absolute Gasteiger partial charge is 0.778 e. The van der Waals surface area contributed by atoms with Gasteiger partial charge in [0.05, 0.1) is 53.2 Å². The molecular weight excluding hydrogens is 811 g/mol. The Bertz CT molecular complexity index is 1830. The van der Waals surface area contributed by atoms with E-state index in [0.29, 0.717) is 29.5 Å². The van der Waals surface area contributed by atoms with Crippen LogP contribution in [0.4, 0.5) is 30.8 Å². The number of hydrogen-bond acceptors (Lipinski definition) is 14. The quantitative estimate of drug-likeness (QED) is 0.0599. The van der Waals surface area contributed by atoms with E-state index in [4.69, 9.17) is 48.3 Å². The Kier molecular flexibility index (Phi) is 20.8. The Hall–Kier alpha value is -4.49. The highest BCUT2D eigenvalue weighted by molar-refractivity contribution is 7.94. The maximum Gasteiger partial charge on any atom is 0.416 e. The number of carbonyl (C=O) groups is 2. The highest BCUT2D eigenvalue weighted by Crippen LogP contribution is 2.37. The number of carboxylic acids is 2. The molecule has 0 fully saturated rings. The van der Waals surface area contributed by atoms with Crippen LogP contribution in [0.15, 0.2) is 36.4 Å². The first kappa shape index (κ1) is 49.5. The molecule has 0 radical (unpaired) electrons. The smallest absolute Gasteiger partial charge is 0.416 e. The molecule has 25 heteroatoms. The van der Waals surface area contributed by atoms with Gasteiger partial charge in [0.1, 0.15) is 30.2 Å². The second kappa shape index (κ2) is 22.7. The fourth-order valence-electron chi connectivity index (χ4n) is 3.05. The summed E-state index contributed by atoms with van der Waals surface area (Å²) in [6.45, 7) is 5.56. The molecule has 3 aromatic rings. The van der Waals surface area contributed by atoms with E-state index in [2.05, 4.69) is 50.4 Å². The summed E-state index contributed by atoms with van der Waals surface area (Å²) < 4.78 is 52.8. The molecule has 0 spiro atoms. The molecule has 0 aliphatic carbocycles. The lowest BCUT2D eigenvalue weighted by molar-refractivity contribution is -0.385. The van der Waals surface area contributed by atoms with Crippen LogP contribution >= 0.6 is 30.8 Å². The zero-order valence-corrected chi connectivity index (χ0v) is 32.5. The minimum atomic E-state index is -4.58. The van der Waals surface area contributed by atoms with E-state index >= 15 is 0 Å². The zero-order valence-electron chi connectivity index (χ0n) is 29.3. The summed E-state index contributed by atoms with van der Waals surface area (Å²) in [5.74, 6) is -2.34. The molecule has 0 aliphatic heterocycles. The normalized spacial score (nSPS) is 11.8. The SMILES string of the molecule is CCNc1nc(Cl)nc(NC(C)(C)C#N)n1.C[S+](C)C.O=C(O)CNCP(=O)([O-])O.O=C(O)c1cc(Oc2ccc(C(F)(F)F)cc2Cl)ccc1[N+](=O)[O-]. The molecule has 1 atom stereocenters.